The molecule has 0 unspecified atom stereocenters. The third-order valence-corrected chi connectivity index (χ3v) is 4.04. The minimum atomic E-state index is -0.779. The van der Waals surface area contributed by atoms with Gasteiger partial charge >= 0.3 is 0 Å². The number of hydrogen-bond donors (Lipinski definition) is 1. The Morgan fingerprint density at radius 2 is 1.95 bits per heavy atom. The predicted octanol–water partition coefficient (Wildman–Crippen LogP) is 3.30. The zero-order valence-corrected chi connectivity index (χ0v) is 12.1. The van der Waals surface area contributed by atoms with Gasteiger partial charge in [0.05, 0.1) is 0 Å². The molecule has 0 aliphatic carbocycles. The normalized spacial score (nSPS) is 18.1. The fraction of sp³-hybridized carbons (Fsp3) is 0.625. The van der Waals surface area contributed by atoms with Gasteiger partial charge in [0.1, 0.15) is 0 Å². The fourth-order valence-corrected chi connectivity index (χ4v) is 2.83. The quantitative estimate of drug-likeness (QED) is 0.809. The van der Waals surface area contributed by atoms with Crippen molar-refractivity contribution in [1.82, 2.24) is 5.32 Å². The molecule has 0 bridgehead atoms. The van der Waals surface area contributed by atoms with Crippen LogP contribution in [0.25, 0.3) is 0 Å². The van der Waals surface area contributed by atoms with Gasteiger partial charge in [0.15, 0.2) is 11.6 Å². The lowest BCUT2D eigenvalue weighted by Crippen LogP contribution is -2.41. The summed E-state index contributed by atoms with van der Waals surface area (Å²) in [6.07, 6.45) is 3.79. The first kappa shape index (κ1) is 15.4. The molecule has 0 spiro atoms. The van der Waals surface area contributed by atoms with Crippen LogP contribution in [0.1, 0.15) is 31.7 Å². The van der Waals surface area contributed by atoms with Gasteiger partial charge in [-0.15, -0.1) is 0 Å². The molecule has 20 heavy (non-hydrogen) atoms. The Hall–Kier alpha value is -1.00. The molecule has 1 aliphatic heterocycles. The van der Waals surface area contributed by atoms with Crippen LogP contribution in [0.2, 0.25) is 0 Å². The van der Waals surface area contributed by atoms with Gasteiger partial charge in [-0.1, -0.05) is 13.0 Å². The molecule has 0 saturated carbocycles. The first-order valence-electron chi connectivity index (χ1n) is 7.38. The highest BCUT2D eigenvalue weighted by molar-refractivity contribution is 5.19. The van der Waals surface area contributed by atoms with Crippen molar-refractivity contribution < 1.29 is 13.5 Å². The van der Waals surface area contributed by atoms with E-state index in [1.54, 1.807) is 6.07 Å². The molecule has 1 aromatic carbocycles. The number of halogens is 2. The minimum absolute atomic E-state index is 0.0949. The Labute approximate surface area is 119 Å². The Kier molecular flexibility index (Phi) is 5.49. The number of benzene rings is 1. The number of ether oxygens (including phenoxy) is 1. The molecule has 4 heteroatoms. The summed E-state index contributed by atoms with van der Waals surface area (Å²) in [5.41, 5.74) is 0.960. The molecule has 1 saturated heterocycles. The molecular formula is C16H23F2NO. The van der Waals surface area contributed by atoms with E-state index in [-0.39, 0.29) is 5.41 Å². The van der Waals surface area contributed by atoms with E-state index in [1.807, 2.05) is 0 Å². The fourth-order valence-electron chi connectivity index (χ4n) is 2.83. The van der Waals surface area contributed by atoms with Crippen molar-refractivity contribution in [3.05, 3.63) is 35.4 Å². The largest absolute Gasteiger partial charge is 0.381 e. The van der Waals surface area contributed by atoms with Gasteiger partial charge < -0.3 is 10.1 Å². The molecule has 0 radical (unpaired) electrons. The van der Waals surface area contributed by atoms with Crippen LogP contribution in [-0.4, -0.2) is 26.3 Å². The highest BCUT2D eigenvalue weighted by atomic mass is 19.2. The van der Waals surface area contributed by atoms with E-state index in [0.29, 0.717) is 0 Å². The molecular weight excluding hydrogens is 260 g/mol. The monoisotopic (exact) mass is 283 g/mol. The van der Waals surface area contributed by atoms with Gasteiger partial charge in [0.2, 0.25) is 0 Å². The van der Waals surface area contributed by atoms with E-state index in [2.05, 4.69) is 12.2 Å². The highest BCUT2D eigenvalue weighted by Crippen LogP contribution is 2.34. The average Bonchev–Trinajstić information content (AvgIpc) is 2.44. The minimum Gasteiger partial charge on any atom is -0.381 e. The molecule has 1 N–H and O–H groups in total. The van der Waals surface area contributed by atoms with E-state index >= 15 is 0 Å². The first-order valence-corrected chi connectivity index (χ1v) is 7.38. The zero-order valence-electron chi connectivity index (χ0n) is 12.1. The number of hydrogen-bond acceptors (Lipinski definition) is 2. The first-order chi connectivity index (χ1) is 9.65. The zero-order chi connectivity index (χ0) is 14.4. The van der Waals surface area contributed by atoms with Crippen LogP contribution in [0.15, 0.2) is 18.2 Å². The van der Waals surface area contributed by atoms with Crippen molar-refractivity contribution in [3.63, 3.8) is 0 Å². The standard InChI is InChI=1S/C16H23F2NO/c1-2-7-19-12-16(5-8-20-9-6-16)11-13-3-4-14(17)15(18)10-13/h3-4,10,19H,2,5-9,11-12H2,1H3. The summed E-state index contributed by atoms with van der Waals surface area (Å²) < 4.78 is 31.8. The van der Waals surface area contributed by atoms with Crippen LogP contribution in [0, 0.1) is 17.0 Å². The SMILES string of the molecule is CCCNCC1(Cc2ccc(F)c(F)c2)CCOCC1. The van der Waals surface area contributed by atoms with Gasteiger partial charge in [-0.3, -0.25) is 0 Å². The summed E-state index contributed by atoms with van der Waals surface area (Å²) in [7, 11) is 0. The van der Waals surface area contributed by atoms with E-state index in [9.17, 15) is 8.78 Å². The van der Waals surface area contributed by atoms with Gasteiger partial charge in [-0.05, 0) is 55.3 Å². The summed E-state index contributed by atoms with van der Waals surface area (Å²) in [4.78, 5) is 0. The molecule has 1 fully saturated rings. The second kappa shape index (κ2) is 7.14. The second-order valence-corrected chi connectivity index (χ2v) is 5.71. The van der Waals surface area contributed by atoms with E-state index < -0.39 is 11.6 Å². The molecule has 0 amide bonds. The summed E-state index contributed by atoms with van der Waals surface area (Å²) in [5, 5.41) is 3.47. The van der Waals surface area contributed by atoms with E-state index in [4.69, 9.17) is 4.74 Å². The maximum atomic E-state index is 13.3. The van der Waals surface area contributed by atoms with E-state index in [0.717, 1.165) is 57.6 Å². The second-order valence-electron chi connectivity index (χ2n) is 5.71. The van der Waals surface area contributed by atoms with Gasteiger partial charge in [-0.2, -0.15) is 0 Å². The molecule has 0 aromatic heterocycles. The smallest absolute Gasteiger partial charge is 0.159 e. The van der Waals surface area contributed by atoms with Crippen LogP contribution in [0.3, 0.4) is 0 Å². The highest BCUT2D eigenvalue weighted by Gasteiger charge is 2.32. The Bertz CT molecular complexity index is 430. The van der Waals surface area contributed by atoms with Crippen molar-refractivity contribution in [2.45, 2.75) is 32.6 Å². The molecule has 112 valence electrons. The summed E-state index contributed by atoms with van der Waals surface area (Å²) in [6, 6.07) is 4.24. The molecule has 2 rings (SSSR count). The molecule has 0 atom stereocenters. The third-order valence-electron chi connectivity index (χ3n) is 4.04. The average molecular weight is 283 g/mol. The van der Waals surface area contributed by atoms with Crippen LogP contribution >= 0.6 is 0 Å². The summed E-state index contributed by atoms with van der Waals surface area (Å²) in [5.74, 6) is -1.54. The third kappa shape index (κ3) is 4.00. The Morgan fingerprint density at radius 3 is 2.60 bits per heavy atom. The lowest BCUT2D eigenvalue weighted by Gasteiger charge is -2.37. The summed E-state index contributed by atoms with van der Waals surface area (Å²) in [6.45, 7) is 5.53. The Balaban J connectivity index is 2.07. The van der Waals surface area contributed by atoms with Crippen LogP contribution in [0.4, 0.5) is 8.78 Å². The molecule has 1 heterocycles. The Morgan fingerprint density at radius 1 is 1.20 bits per heavy atom. The summed E-state index contributed by atoms with van der Waals surface area (Å²) >= 11 is 0. The predicted molar refractivity (Wildman–Crippen MR) is 75.7 cm³/mol. The molecule has 2 nitrogen and oxygen atoms in total. The van der Waals surface area contributed by atoms with Gasteiger partial charge in [-0.25, -0.2) is 8.78 Å². The van der Waals surface area contributed by atoms with Crippen molar-refractivity contribution >= 4 is 0 Å². The maximum Gasteiger partial charge on any atom is 0.159 e. The van der Waals surface area contributed by atoms with Gasteiger partial charge in [0.25, 0.3) is 0 Å². The number of nitrogens with one attached hydrogen (secondary N) is 1. The topological polar surface area (TPSA) is 21.3 Å². The lowest BCUT2D eigenvalue weighted by atomic mass is 9.75. The van der Waals surface area contributed by atoms with Crippen LogP contribution in [0.5, 0.6) is 0 Å². The van der Waals surface area contributed by atoms with Crippen molar-refractivity contribution in [3.8, 4) is 0 Å². The van der Waals surface area contributed by atoms with Gasteiger partial charge in [0, 0.05) is 19.8 Å². The van der Waals surface area contributed by atoms with Crippen molar-refractivity contribution in [2.24, 2.45) is 5.41 Å². The van der Waals surface area contributed by atoms with Crippen molar-refractivity contribution in [1.29, 1.82) is 0 Å². The van der Waals surface area contributed by atoms with E-state index in [1.165, 1.54) is 12.1 Å². The van der Waals surface area contributed by atoms with Crippen LogP contribution < -0.4 is 5.32 Å². The van der Waals surface area contributed by atoms with Crippen molar-refractivity contribution in [2.75, 3.05) is 26.3 Å². The molecule has 1 aliphatic rings. The maximum absolute atomic E-state index is 13.3. The lowest BCUT2D eigenvalue weighted by molar-refractivity contribution is 0.0150. The van der Waals surface area contributed by atoms with Crippen LogP contribution in [-0.2, 0) is 11.2 Å². The number of rotatable bonds is 6. The molecule has 1 aromatic rings.